The third-order valence-corrected chi connectivity index (χ3v) is 4.90. The molecule has 0 saturated heterocycles. The molecule has 1 aromatic rings. The Morgan fingerprint density at radius 1 is 1.00 bits per heavy atom. The molecule has 0 spiro atoms. The lowest BCUT2D eigenvalue weighted by Crippen LogP contribution is -2.40. The zero-order valence-electron chi connectivity index (χ0n) is 17.6. The van der Waals surface area contributed by atoms with Crippen LogP contribution < -0.4 is 4.74 Å². The van der Waals surface area contributed by atoms with Gasteiger partial charge in [0.25, 0.3) is 0 Å². The summed E-state index contributed by atoms with van der Waals surface area (Å²) in [6, 6.07) is 2.02. The predicted molar refractivity (Wildman–Crippen MR) is 108 cm³/mol. The van der Waals surface area contributed by atoms with Gasteiger partial charge in [-0.2, -0.15) is 0 Å². The van der Waals surface area contributed by atoms with Crippen molar-refractivity contribution in [2.24, 2.45) is 5.92 Å². The van der Waals surface area contributed by atoms with Crippen molar-refractivity contribution in [3.8, 4) is 17.2 Å². The highest BCUT2D eigenvalue weighted by atomic mass is 16.5. The molecular weight excluding hydrogens is 408 g/mol. The summed E-state index contributed by atoms with van der Waals surface area (Å²) in [5.74, 6) is -8.64. The monoisotopic (exact) mass is 434 g/mol. The van der Waals surface area contributed by atoms with Gasteiger partial charge in [-0.3, -0.25) is 14.4 Å². The molecule has 1 aromatic carbocycles. The average Bonchev–Trinajstić information content (AvgIpc) is 2.70. The van der Waals surface area contributed by atoms with Crippen LogP contribution in [0.3, 0.4) is 0 Å². The zero-order chi connectivity index (χ0) is 23.3. The van der Waals surface area contributed by atoms with Crippen molar-refractivity contribution in [3.63, 3.8) is 0 Å². The number of fused-ring (bicyclic) bond motifs is 1. The second-order valence-corrected chi connectivity index (χ2v) is 7.13. The summed E-state index contributed by atoms with van der Waals surface area (Å²) < 4.78 is 10.0. The number of hydrogen-bond acceptors (Lipinski definition) is 9. The van der Waals surface area contributed by atoms with E-state index in [-0.39, 0.29) is 30.8 Å². The fourth-order valence-electron chi connectivity index (χ4n) is 3.56. The van der Waals surface area contributed by atoms with Gasteiger partial charge < -0.3 is 24.8 Å². The maximum absolute atomic E-state index is 13.0. The van der Waals surface area contributed by atoms with Crippen molar-refractivity contribution in [1.82, 2.24) is 0 Å². The third-order valence-electron chi connectivity index (χ3n) is 4.90. The van der Waals surface area contributed by atoms with Crippen LogP contribution >= 0.6 is 0 Å². The summed E-state index contributed by atoms with van der Waals surface area (Å²) in [5.41, 5.74) is -0.447. The van der Waals surface area contributed by atoms with Gasteiger partial charge in [0.05, 0.1) is 12.2 Å². The predicted octanol–water partition coefficient (Wildman–Crippen LogP) is 2.83. The fourth-order valence-corrected chi connectivity index (χ4v) is 3.56. The highest BCUT2D eigenvalue weighted by Gasteiger charge is 2.47. The van der Waals surface area contributed by atoms with Crippen molar-refractivity contribution in [2.75, 3.05) is 6.61 Å². The van der Waals surface area contributed by atoms with Gasteiger partial charge in [0.1, 0.15) is 17.5 Å². The molecule has 9 heteroatoms. The van der Waals surface area contributed by atoms with Crippen molar-refractivity contribution in [1.29, 1.82) is 0 Å². The Bertz CT molecular complexity index is 929. The van der Waals surface area contributed by atoms with E-state index in [4.69, 9.17) is 9.47 Å². The molecule has 0 fully saturated rings. The van der Waals surface area contributed by atoms with Gasteiger partial charge >= 0.3 is 11.9 Å². The molecule has 168 valence electrons. The van der Waals surface area contributed by atoms with Gasteiger partial charge in [0, 0.05) is 30.4 Å². The Balaban J connectivity index is 2.84. The van der Waals surface area contributed by atoms with E-state index >= 15 is 0 Å². The molecule has 1 heterocycles. The second-order valence-electron chi connectivity index (χ2n) is 7.13. The lowest BCUT2D eigenvalue weighted by molar-refractivity contribution is -0.147. The third kappa shape index (κ3) is 4.87. The minimum Gasteiger partial charge on any atom is -0.504 e. The van der Waals surface area contributed by atoms with Crippen LogP contribution in [0.4, 0.5) is 0 Å². The molecule has 0 aromatic heterocycles. The van der Waals surface area contributed by atoms with E-state index in [0.717, 1.165) is 12.1 Å². The minimum atomic E-state index is -1.52. The largest absolute Gasteiger partial charge is 0.504 e. The normalized spacial score (nSPS) is 18.5. The molecule has 1 aliphatic heterocycles. The Morgan fingerprint density at radius 2 is 1.61 bits per heavy atom. The molecule has 0 bridgehead atoms. The van der Waals surface area contributed by atoms with E-state index in [1.165, 1.54) is 6.92 Å². The number of aliphatic hydroxyl groups excluding tert-OH is 1. The van der Waals surface area contributed by atoms with Crippen LogP contribution in [0.2, 0.25) is 0 Å². The number of benzene rings is 1. The molecule has 0 saturated carbocycles. The van der Waals surface area contributed by atoms with E-state index in [1.54, 1.807) is 13.8 Å². The Kier molecular flexibility index (Phi) is 7.79. The van der Waals surface area contributed by atoms with Crippen molar-refractivity contribution in [2.45, 2.75) is 52.4 Å². The van der Waals surface area contributed by atoms with Crippen LogP contribution in [0.5, 0.6) is 17.2 Å². The first kappa shape index (κ1) is 23.9. The molecule has 3 N–H and O–H groups in total. The number of allylic oxidation sites excluding steroid dienone is 1. The summed E-state index contributed by atoms with van der Waals surface area (Å²) in [4.78, 5) is 50.9. The molecule has 9 nitrogen and oxygen atoms in total. The molecule has 2 rings (SSSR count). The Hall–Kier alpha value is -3.36. The molecule has 1 aliphatic rings. The number of phenolic OH excluding ortho intramolecular Hbond substituents is 2. The number of phenols is 2. The quantitative estimate of drug-likeness (QED) is 0.133. The zero-order valence-corrected chi connectivity index (χ0v) is 17.6. The topological polar surface area (TPSA) is 147 Å². The van der Waals surface area contributed by atoms with Crippen LogP contribution in [-0.4, -0.2) is 45.4 Å². The van der Waals surface area contributed by atoms with Crippen LogP contribution in [-0.2, 0) is 23.9 Å². The summed E-state index contributed by atoms with van der Waals surface area (Å²) >= 11 is 0. The number of rotatable bonds is 9. The molecule has 31 heavy (non-hydrogen) atoms. The standard InChI is InChI=1S/C22H26O9/c1-4-7-12(23)18(20(27)22(29)30-6-3)17-11-9-14(25)15(26)10-16(11)31-21(28)19(17)13(24)8-5-2/h9-10,17,19,25-27H,4-8H2,1-3H3/b20-18-/t17-,19+/m0/s1. The lowest BCUT2D eigenvalue weighted by Gasteiger charge is -2.32. The summed E-state index contributed by atoms with van der Waals surface area (Å²) in [5, 5.41) is 30.4. The van der Waals surface area contributed by atoms with Crippen LogP contribution in [0.15, 0.2) is 23.5 Å². The van der Waals surface area contributed by atoms with Crippen LogP contribution in [0.25, 0.3) is 0 Å². The van der Waals surface area contributed by atoms with E-state index in [9.17, 15) is 34.5 Å². The summed E-state index contributed by atoms with van der Waals surface area (Å²) in [6.45, 7) is 4.88. The van der Waals surface area contributed by atoms with Crippen LogP contribution in [0, 0.1) is 5.92 Å². The second kappa shape index (κ2) is 10.1. The molecule has 0 amide bonds. The molecule has 0 aliphatic carbocycles. The summed E-state index contributed by atoms with van der Waals surface area (Å²) in [7, 11) is 0. The maximum Gasteiger partial charge on any atom is 0.373 e. The smallest absolute Gasteiger partial charge is 0.373 e. The molecular formula is C22H26O9. The molecule has 2 atom stereocenters. The van der Waals surface area contributed by atoms with E-state index in [0.29, 0.717) is 12.8 Å². The number of ether oxygens (including phenoxy) is 2. The van der Waals surface area contributed by atoms with E-state index in [2.05, 4.69) is 0 Å². The fraction of sp³-hybridized carbons (Fsp3) is 0.455. The van der Waals surface area contributed by atoms with Crippen molar-refractivity contribution >= 4 is 23.5 Å². The number of hydrogen-bond donors (Lipinski definition) is 3. The van der Waals surface area contributed by atoms with E-state index in [1.807, 2.05) is 0 Å². The van der Waals surface area contributed by atoms with Crippen molar-refractivity contribution < 1.29 is 44.0 Å². The Morgan fingerprint density at radius 3 is 2.19 bits per heavy atom. The summed E-state index contributed by atoms with van der Waals surface area (Å²) in [6.07, 6.45) is 0.704. The van der Waals surface area contributed by atoms with Gasteiger partial charge in [0.15, 0.2) is 17.3 Å². The molecule has 0 radical (unpaired) electrons. The number of aromatic hydroxyl groups is 2. The van der Waals surface area contributed by atoms with Gasteiger partial charge in [-0.25, -0.2) is 4.79 Å². The SMILES string of the molecule is CCCC(=O)/C(=C(/O)C(=O)OCC)[C@@H]1c2cc(O)c(O)cc2OC(=O)[C@@H]1C(=O)CCC. The van der Waals surface area contributed by atoms with Gasteiger partial charge in [-0.15, -0.1) is 0 Å². The van der Waals surface area contributed by atoms with E-state index < -0.39 is 58.2 Å². The molecule has 0 unspecified atom stereocenters. The maximum atomic E-state index is 13.0. The highest BCUT2D eigenvalue weighted by molar-refractivity contribution is 6.09. The highest BCUT2D eigenvalue weighted by Crippen LogP contribution is 2.48. The van der Waals surface area contributed by atoms with Gasteiger partial charge in [0.2, 0.25) is 5.76 Å². The number of Topliss-reactive ketones (excluding diaryl/α,β-unsaturated/α-hetero) is 2. The van der Waals surface area contributed by atoms with Gasteiger partial charge in [-0.05, 0) is 25.8 Å². The first-order chi connectivity index (χ1) is 14.7. The van der Waals surface area contributed by atoms with Gasteiger partial charge in [-0.1, -0.05) is 13.8 Å². The average molecular weight is 434 g/mol. The number of ketones is 2. The Labute approximate surface area is 179 Å². The van der Waals surface area contributed by atoms with Crippen LogP contribution in [0.1, 0.15) is 57.9 Å². The minimum absolute atomic E-state index is 0.00885. The first-order valence-electron chi connectivity index (χ1n) is 10.1. The first-order valence-corrected chi connectivity index (χ1v) is 10.1. The van der Waals surface area contributed by atoms with Crippen molar-refractivity contribution in [3.05, 3.63) is 29.0 Å². The number of carbonyl (C=O) groups is 4. The number of esters is 2. The lowest BCUT2D eigenvalue weighted by atomic mass is 9.73. The number of carbonyl (C=O) groups excluding carboxylic acids is 4. The number of aliphatic hydroxyl groups is 1.